The molecule has 128 valence electrons. The minimum absolute atomic E-state index is 0.0648. The summed E-state index contributed by atoms with van der Waals surface area (Å²) in [4.78, 5) is 23.2. The maximum Gasteiger partial charge on any atom is 0.271 e. The molecule has 4 nitrogen and oxygen atoms in total. The van der Waals surface area contributed by atoms with Crippen molar-refractivity contribution in [2.24, 2.45) is 0 Å². The number of pyridine rings is 1. The van der Waals surface area contributed by atoms with Gasteiger partial charge in [-0.1, -0.05) is 17.7 Å². The van der Waals surface area contributed by atoms with Gasteiger partial charge in [-0.05, 0) is 62.9 Å². The molecule has 1 amide bonds. The molecule has 4 rings (SSSR count). The van der Waals surface area contributed by atoms with Gasteiger partial charge in [-0.3, -0.25) is 9.78 Å². The van der Waals surface area contributed by atoms with Gasteiger partial charge < -0.3 is 9.88 Å². The van der Waals surface area contributed by atoms with Gasteiger partial charge in [0, 0.05) is 23.6 Å². The number of fused-ring (bicyclic) bond motifs is 1. The Labute approximate surface area is 147 Å². The highest BCUT2D eigenvalue weighted by atomic mass is 16.2. The lowest BCUT2D eigenvalue weighted by Crippen LogP contribution is -2.39. The van der Waals surface area contributed by atoms with E-state index in [2.05, 4.69) is 35.1 Å². The molecule has 0 bridgehead atoms. The molecular weight excluding hydrogens is 310 g/mol. The molecular formula is C21H23N3O. The Bertz CT molecular complexity index is 914. The van der Waals surface area contributed by atoms with E-state index in [4.69, 9.17) is 0 Å². The molecule has 0 radical (unpaired) electrons. The molecule has 25 heavy (non-hydrogen) atoms. The van der Waals surface area contributed by atoms with Crippen LogP contribution < -0.4 is 0 Å². The Morgan fingerprint density at radius 3 is 2.88 bits per heavy atom. The molecule has 2 aromatic heterocycles. The van der Waals surface area contributed by atoms with E-state index in [-0.39, 0.29) is 11.9 Å². The number of aromatic amines is 1. The first-order valence-corrected chi connectivity index (χ1v) is 8.96. The number of nitrogens with zero attached hydrogens (tertiary/aromatic N) is 2. The number of nitrogens with one attached hydrogen (secondary N) is 1. The summed E-state index contributed by atoms with van der Waals surface area (Å²) in [5, 5.41) is 1.13. The number of piperidine rings is 1. The van der Waals surface area contributed by atoms with Crippen LogP contribution in [0.1, 0.15) is 52.6 Å². The van der Waals surface area contributed by atoms with Crippen molar-refractivity contribution in [2.45, 2.75) is 39.2 Å². The van der Waals surface area contributed by atoms with Crippen LogP contribution in [0.3, 0.4) is 0 Å². The lowest BCUT2D eigenvalue weighted by Gasteiger charge is -2.35. The van der Waals surface area contributed by atoms with Gasteiger partial charge in [-0.25, -0.2) is 0 Å². The van der Waals surface area contributed by atoms with Crippen LogP contribution in [0, 0.1) is 13.8 Å². The van der Waals surface area contributed by atoms with Crippen molar-refractivity contribution < 1.29 is 4.79 Å². The third kappa shape index (κ3) is 2.82. The van der Waals surface area contributed by atoms with Gasteiger partial charge in [0.25, 0.3) is 5.91 Å². The second-order valence-electron chi connectivity index (χ2n) is 6.94. The lowest BCUT2D eigenvalue weighted by atomic mass is 9.98. The number of H-pyrrole nitrogens is 1. The van der Waals surface area contributed by atoms with Crippen LogP contribution in [0.5, 0.6) is 0 Å². The molecule has 0 saturated carbocycles. The van der Waals surface area contributed by atoms with Crippen molar-refractivity contribution in [3.05, 3.63) is 65.1 Å². The summed E-state index contributed by atoms with van der Waals surface area (Å²) in [6, 6.07) is 12.3. The van der Waals surface area contributed by atoms with Gasteiger partial charge in [-0.15, -0.1) is 0 Å². The smallest absolute Gasteiger partial charge is 0.271 e. The first-order chi connectivity index (χ1) is 12.1. The molecule has 1 aromatic carbocycles. The maximum atomic E-state index is 13.3. The van der Waals surface area contributed by atoms with E-state index in [9.17, 15) is 4.79 Å². The van der Waals surface area contributed by atoms with E-state index in [1.807, 2.05) is 36.2 Å². The van der Waals surface area contributed by atoms with Gasteiger partial charge in [0.2, 0.25) is 0 Å². The predicted octanol–water partition coefficient (Wildman–Crippen LogP) is 4.55. The second-order valence-corrected chi connectivity index (χ2v) is 6.94. The molecule has 1 fully saturated rings. The monoisotopic (exact) mass is 333 g/mol. The van der Waals surface area contributed by atoms with E-state index < -0.39 is 0 Å². The van der Waals surface area contributed by atoms with Crippen LogP contribution in [0.2, 0.25) is 0 Å². The fraction of sp³-hybridized carbons (Fsp3) is 0.333. The highest BCUT2D eigenvalue weighted by Gasteiger charge is 2.31. The number of aryl methyl sites for hydroxylation is 2. The Kier molecular flexibility index (Phi) is 4.04. The molecule has 4 heteroatoms. The van der Waals surface area contributed by atoms with E-state index in [1.54, 1.807) is 0 Å². The SMILES string of the molecule is Cc1ccc2[nH]c(C(=O)N3CCCC[C@H]3c3ccccn3)c(C)c2c1. The Morgan fingerprint density at radius 2 is 2.08 bits per heavy atom. The predicted molar refractivity (Wildman–Crippen MR) is 99.6 cm³/mol. The van der Waals surface area contributed by atoms with Crippen molar-refractivity contribution in [1.29, 1.82) is 0 Å². The van der Waals surface area contributed by atoms with E-state index >= 15 is 0 Å². The van der Waals surface area contributed by atoms with Crippen molar-refractivity contribution >= 4 is 16.8 Å². The van der Waals surface area contributed by atoms with E-state index in [1.165, 1.54) is 5.56 Å². The maximum absolute atomic E-state index is 13.3. The number of aromatic nitrogens is 2. The topological polar surface area (TPSA) is 49.0 Å². The summed E-state index contributed by atoms with van der Waals surface area (Å²) in [7, 11) is 0. The third-order valence-electron chi connectivity index (χ3n) is 5.22. The summed E-state index contributed by atoms with van der Waals surface area (Å²) in [6.45, 7) is 4.90. The molecule has 0 unspecified atom stereocenters. The summed E-state index contributed by atoms with van der Waals surface area (Å²) < 4.78 is 0. The fourth-order valence-corrected chi connectivity index (χ4v) is 3.85. The normalized spacial score (nSPS) is 17.8. The van der Waals surface area contributed by atoms with Crippen molar-refractivity contribution in [3.8, 4) is 0 Å². The Hall–Kier alpha value is -2.62. The van der Waals surface area contributed by atoms with Crippen molar-refractivity contribution in [3.63, 3.8) is 0 Å². The third-order valence-corrected chi connectivity index (χ3v) is 5.22. The average Bonchev–Trinajstić information content (AvgIpc) is 2.98. The van der Waals surface area contributed by atoms with Crippen LogP contribution in [0.25, 0.3) is 10.9 Å². The Balaban J connectivity index is 1.72. The van der Waals surface area contributed by atoms with Crippen LogP contribution in [0.15, 0.2) is 42.6 Å². The van der Waals surface area contributed by atoms with Crippen molar-refractivity contribution in [1.82, 2.24) is 14.9 Å². The first kappa shape index (κ1) is 15.9. The Morgan fingerprint density at radius 1 is 1.20 bits per heavy atom. The molecule has 3 aromatic rings. The zero-order chi connectivity index (χ0) is 17.4. The highest BCUT2D eigenvalue weighted by molar-refractivity contribution is 6.01. The minimum atomic E-state index is 0.0648. The molecule has 1 saturated heterocycles. The molecule has 1 N–H and O–H groups in total. The minimum Gasteiger partial charge on any atom is -0.350 e. The van der Waals surface area contributed by atoms with Gasteiger partial charge in [0.1, 0.15) is 5.69 Å². The molecule has 3 heterocycles. The number of rotatable bonds is 2. The summed E-state index contributed by atoms with van der Waals surface area (Å²) >= 11 is 0. The summed E-state index contributed by atoms with van der Waals surface area (Å²) in [5.41, 5.74) is 4.97. The van der Waals surface area contributed by atoms with Crippen LogP contribution in [-0.2, 0) is 0 Å². The van der Waals surface area contributed by atoms with Crippen LogP contribution in [-0.4, -0.2) is 27.3 Å². The largest absolute Gasteiger partial charge is 0.350 e. The summed E-state index contributed by atoms with van der Waals surface area (Å²) in [6.07, 6.45) is 4.97. The van der Waals surface area contributed by atoms with E-state index in [0.717, 1.165) is 48.0 Å². The summed E-state index contributed by atoms with van der Waals surface area (Å²) in [5.74, 6) is 0.0849. The van der Waals surface area contributed by atoms with Crippen LogP contribution >= 0.6 is 0 Å². The first-order valence-electron chi connectivity index (χ1n) is 8.96. The number of benzene rings is 1. The zero-order valence-electron chi connectivity index (χ0n) is 14.7. The fourth-order valence-electron chi connectivity index (χ4n) is 3.85. The molecule has 0 spiro atoms. The zero-order valence-corrected chi connectivity index (χ0v) is 14.7. The quantitative estimate of drug-likeness (QED) is 0.748. The number of hydrogen-bond donors (Lipinski definition) is 1. The average molecular weight is 333 g/mol. The van der Waals surface area contributed by atoms with Crippen LogP contribution in [0.4, 0.5) is 0 Å². The lowest BCUT2D eigenvalue weighted by molar-refractivity contribution is 0.0600. The number of carbonyl (C=O) groups excluding carboxylic acids is 1. The van der Waals surface area contributed by atoms with Gasteiger partial charge in [0.05, 0.1) is 11.7 Å². The number of likely N-dealkylation sites (tertiary alicyclic amines) is 1. The van der Waals surface area contributed by atoms with Gasteiger partial charge in [-0.2, -0.15) is 0 Å². The molecule has 0 aliphatic carbocycles. The standard InChI is InChI=1S/C21H23N3O/c1-14-9-10-17-16(13-14)15(2)20(23-17)21(25)24-12-6-4-8-19(24)18-7-3-5-11-22-18/h3,5,7,9-11,13,19,23H,4,6,8,12H2,1-2H3/t19-/m0/s1. The second kappa shape index (κ2) is 6.36. The molecule has 1 atom stereocenters. The highest BCUT2D eigenvalue weighted by Crippen LogP contribution is 2.32. The number of carbonyl (C=O) groups is 1. The number of amides is 1. The molecule has 1 aliphatic heterocycles. The van der Waals surface area contributed by atoms with E-state index in [0.29, 0.717) is 5.69 Å². The van der Waals surface area contributed by atoms with Gasteiger partial charge in [0.15, 0.2) is 0 Å². The molecule has 1 aliphatic rings. The van der Waals surface area contributed by atoms with Gasteiger partial charge >= 0.3 is 0 Å². The van der Waals surface area contributed by atoms with Crippen molar-refractivity contribution in [2.75, 3.05) is 6.54 Å². The number of hydrogen-bond acceptors (Lipinski definition) is 2.